The van der Waals surface area contributed by atoms with Crippen molar-refractivity contribution in [3.05, 3.63) is 58.6 Å². The summed E-state index contributed by atoms with van der Waals surface area (Å²) in [6.45, 7) is 0.686. The molecule has 3 rings (SSSR count). The molecule has 1 saturated heterocycles. The molecule has 1 aliphatic heterocycles. The molecule has 6 nitrogen and oxygen atoms in total. The molecule has 136 valence electrons. The number of nitrogen functional groups attached to an aromatic ring is 1. The number of halogens is 1. The second-order valence-electron chi connectivity index (χ2n) is 6.11. The van der Waals surface area contributed by atoms with Crippen molar-refractivity contribution in [2.24, 2.45) is 0 Å². The fraction of sp³-hybridized carbons (Fsp3) is 0.263. The first-order valence-electron chi connectivity index (χ1n) is 8.38. The van der Waals surface area contributed by atoms with Gasteiger partial charge in [0.25, 0.3) is 0 Å². The summed E-state index contributed by atoms with van der Waals surface area (Å²) in [5.41, 5.74) is 7.82. The fourth-order valence-corrected chi connectivity index (χ4v) is 3.30. The molecule has 2 amide bonds. The lowest BCUT2D eigenvalue weighted by molar-refractivity contribution is -0.120. The van der Waals surface area contributed by atoms with E-state index in [-0.39, 0.29) is 12.5 Å². The number of anilines is 2. The highest BCUT2D eigenvalue weighted by atomic mass is 79.9. The molecule has 0 saturated carbocycles. The van der Waals surface area contributed by atoms with Crippen LogP contribution in [0.25, 0.3) is 0 Å². The number of rotatable bonds is 4. The van der Waals surface area contributed by atoms with Crippen molar-refractivity contribution in [1.82, 2.24) is 4.90 Å². The minimum absolute atomic E-state index is 0.185. The molecule has 1 heterocycles. The van der Waals surface area contributed by atoms with Crippen LogP contribution in [0.4, 0.5) is 16.2 Å². The van der Waals surface area contributed by atoms with Crippen molar-refractivity contribution in [2.45, 2.75) is 25.5 Å². The van der Waals surface area contributed by atoms with Crippen LogP contribution < -0.4 is 11.1 Å². The highest BCUT2D eigenvalue weighted by Crippen LogP contribution is 2.25. The first-order valence-corrected chi connectivity index (χ1v) is 9.17. The standard InChI is InChI=1S/C19H20BrN3O3/c20-14-8-9-16(15(21)11-14)22-18(24)17-7-4-10-23(17)19(25)26-12-13-5-2-1-3-6-13/h1-3,5-6,8-9,11,17H,4,7,10,12,21H2,(H,22,24)/t17-/m0/s1. The molecule has 0 unspecified atom stereocenters. The first-order chi connectivity index (χ1) is 12.5. The monoisotopic (exact) mass is 417 g/mol. The van der Waals surface area contributed by atoms with Gasteiger partial charge < -0.3 is 15.8 Å². The van der Waals surface area contributed by atoms with Crippen LogP contribution in [-0.4, -0.2) is 29.5 Å². The number of ether oxygens (including phenoxy) is 1. The van der Waals surface area contributed by atoms with E-state index in [4.69, 9.17) is 10.5 Å². The van der Waals surface area contributed by atoms with Gasteiger partial charge in [-0.25, -0.2) is 4.79 Å². The number of hydrogen-bond acceptors (Lipinski definition) is 4. The fourth-order valence-electron chi connectivity index (χ4n) is 2.92. The summed E-state index contributed by atoms with van der Waals surface area (Å²) in [4.78, 5) is 26.5. The molecule has 0 bridgehead atoms. The zero-order chi connectivity index (χ0) is 18.5. The van der Waals surface area contributed by atoms with Gasteiger partial charge in [-0.2, -0.15) is 0 Å². The lowest BCUT2D eigenvalue weighted by Crippen LogP contribution is -2.43. The number of nitrogens with two attached hydrogens (primary N) is 1. The van der Waals surface area contributed by atoms with Gasteiger partial charge in [-0.15, -0.1) is 0 Å². The predicted molar refractivity (Wildman–Crippen MR) is 104 cm³/mol. The Hall–Kier alpha value is -2.54. The predicted octanol–water partition coefficient (Wildman–Crippen LogP) is 3.77. The number of nitrogens with zero attached hydrogens (tertiary/aromatic N) is 1. The van der Waals surface area contributed by atoms with E-state index >= 15 is 0 Å². The number of benzene rings is 2. The molecule has 7 heteroatoms. The van der Waals surface area contributed by atoms with Crippen LogP contribution in [0.3, 0.4) is 0 Å². The number of carbonyl (C=O) groups excluding carboxylic acids is 2. The molecular formula is C19H20BrN3O3. The van der Waals surface area contributed by atoms with Crippen molar-refractivity contribution in [2.75, 3.05) is 17.6 Å². The summed E-state index contributed by atoms with van der Waals surface area (Å²) >= 11 is 3.33. The van der Waals surface area contributed by atoms with E-state index in [1.165, 1.54) is 4.90 Å². The lowest BCUT2D eigenvalue weighted by atomic mass is 10.2. The van der Waals surface area contributed by atoms with E-state index in [1.54, 1.807) is 18.2 Å². The van der Waals surface area contributed by atoms with E-state index in [2.05, 4.69) is 21.2 Å². The third kappa shape index (κ3) is 4.35. The van der Waals surface area contributed by atoms with Gasteiger partial charge in [-0.05, 0) is 36.6 Å². The van der Waals surface area contributed by atoms with Gasteiger partial charge in [0.15, 0.2) is 0 Å². The number of hydrogen-bond donors (Lipinski definition) is 2. The van der Waals surface area contributed by atoms with Crippen LogP contribution in [0.5, 0.6) is 0 Å². The summed E-state index contributed by atoms with van der Waals surface area (Å²) < 4.78 is 6.19. The van der Waals surface area contributed by atoms with Crippen LogP contribution in [0.1, 0.15) is 18.4 Å². The summed E-state index contributed by atoms with van der Waals surface area (Å²) in [6.07, 6.45) is 0.882. The minimum atomic E-state index is -0.554. The summed E-state index contributed by atoms with van der Waals surface area (Å²) in [6, 6.07) is 14.1. The maximum absolute atomic E-state index is 12.6. The minimum Gasteiger partial charge on any atom is -0.445 e. The number of amides is 2. The Morgan fingerprint density at radius 1 is 1.23 bits per heavy atom. The van der Waals surface area contributed by atoms with Gasteiger partial charge in [0.2, 0.25) is 5.91 Å². The Bertz CT molecular complexity index is 798. The Labute approximate surface area is 160 Å². The molecule has 0 aromatic heterocycles. The molecule has 1 atom stereocenters. The molecule has 0 spiro atoms. The molecule has 0 radical (unpaired) electrons. The zero-order valence-electron chi connectivity index (χ0n) is 14.2. The van der Waals surface area contributed by atoms with Crippen molar-refractivity contribution in [3.8, 4) is 0 Å². The normalized spacial score (nSPS) is 16.3. The van der Waals surface area contributed by atoms with Crippen molar-refractivity contribution in [3.63, 3.8) is 0 Å². The largest absolute Gasteiger partial charge is 0.445 e. The van der Waals surface area contributed by atoms with E-state index in [1.807, 2.05) is 30.3 Å². The molecule has 2 aromatic rings. The van der Waals surface area contributed by atoms with E-state index < -0.39 is 12.1 Å². The van der Waals surface area contributed by atoms with Gasteiger partial charge in [0.05, 0.1) is 11.4 Å². The van der Waals surface area contributed by atoms with Crippen LogP contribution in [0, 0.1) is 0 Å². The Morgan fingerprint density at radius 2 is 2.00 bits per heavy atom. The van der Waals surface area contributed by atoms with Crippen LogP contribution in [0.2, 0.25) is 0 Å². The van der Waals surface area contributed by atoms with E-state index in [0.717, 1.165) is 16.5 Å². The molecule has 1 fully saturated rings. The summed E-state index contributed by atoms with van der Waals surface area (Å²) in [7, 11) is 0. The maximum Gasteiger partial charge on any atom is 0.410 e. The Balaban J connectivity index is 1.61. The van der Waals surface area contributed by atoms with Crippen molar-refractivity contribution >= 4 is 39.3 Å². The number of nitrogens with one attached hydrogen (secondary N) is 1. The maximum atomic E-state index is 12.6. The summed E-state index contributed by atoms with van der Waals surface area (Å²) in [5, 5.41) is 2.80. The average Bonchev–Trinajstić information content (AvgIpc) is 3.13. The number of likely N-dealkylation sites (tertiary alicyclic amines) is 1. The molecule has 0 aliphatic carbocycles. The van der Waals surface area contributed by atoms with Gasteiger partial charge in [0.1, 0.15) is 12.6 Å². The third-order valence-corrected chi connectivity index (χ3v) is 4.76. The second-order valence-corrected chi connectivity index (χ2v) is 7.03. The van der Waals surface area contributed by atoms with Gasteiger partial charge in [0, 0.05) is 11.0 Å². The molecule has 26 heavy (non-hydrogen) atoms. The topological polar surface area (TPSA) is 84.7 Å². The average molecular weight is 418 g/mol. The van der Waals surface area contributed by atoms with Gasteiger partial charge >= 0.3 is 6.09 Å². The highest BCUT2D eigenvalue weighted by Gasteiger charge is 2.35. The molecular weight excluding hydrogens is 398 g/mol. The zero-order valence-corrected chi connectivity index (χ0v) is 15.7. The smallest absolute Gasteiger partial charge is 0.410 e. The molecule has 1 aliphatic rings. The lowest BCUT2D eigenvalue weighted by Gasteiger charge is -2.23. The van der Waals surface area contributed by atoms with Crippen LogP contribution in [-0.2, 0) is 16.1 Å². The number of carbonyl (C=O) groups is 2. The summed E-state index contributed by atoms with van der Waals surface area (Å²) in [5.74, 6) is -0.256. The van der Waals surface area contributed by atoms with Gasteiger partial charge in [-0.3, -0.25) is 9.69 Å². The van der Waals surface area contributed by atoms with Crippen LogP contribution in [0.15, 0.2) is 53.0 Å². The van der Waals surface area contributed by atoms with Gasteiger partial charge in [-0.1, -0.05) is 46.3 Å². The van der Waals surface area contributed by atoms with Crippen molar-refractivity contribution < 1.29 is 14.3 Å². The quantitative estimate of drug-likeness (QED) is 0.741. The van der Waals surface area contributed by atoms with Crippen molar-refractivity contribution in [1.29, 1.82) is 0 Å². The highest BCUT2D eigenvalue weighted by molar-refractivity contribution is 9.10. The van der Waals surface area contributed by atoms with Crippen LogP contribution >= 0.6 is 15.9 Å². The Morgan fingerprint density at radius 3 is 2.73 bits per heavy atom. The van der Waals surface area contributed by atoms with E-state index in [0.29, 0.717) is 24.3 Å². The second kappa shape index (κ2) is 8.23. The Kier molecular flexibility index (Phi) is 5.78. The van der Waals surface area contributed by atoms with E-state index in [9.17, 15) is 9.59 Å². The molecule has 2 aromatic carbocycles. The first kappa shape index (κ1) is 18.3. The SMILES string of the molecule is Nc1cc(Br)ccc1NC(=O)[C@@H]1CCCN1C(=O)OCc1ccccc1. The third-order valence-electron chi connectivity index (χ3n) is 4.27. The molecule has 3 N–H and O–H groups in total.